The van der Waals surface area contributed by atoms with Crippen molar-refractivity contribution in [3.05, 3.63) is 39.9 Å². The molecule has 0 unspecified atom stereocenters. The van der Waals surface area contributed by atoms with Gasteiger partial charge in [-0.2, -0.15) is 0 Å². The highest BCUT2D eigenvalue weighted by molar-refractivity contribution is 8.00. The minimum atomic E-state index is -1.80. The Kier molecular flexibility index (Phi) is 13.6. The lowest BCUT2D eigenvalue weighted by Gasteiger charge is -2.37. The Morgan fingerprint density at radius 3 is 1.82 bits per heavy atom. The van der Waals surface area contributed by atoms with Crippen LogP contribution in [0, 0.1) is 10.1 Å². The molecule has 0 fully saturated rings. The molecule has 0 aliphatic carbocycles. The van der Waals surface area contributed by atoms with Gasteiger partial charge in [0.25, 0.3) is 0 Å². The molecule has 0 radical (unpaired) electrons. The third-order valence-corrected chi connectivity index (χ3v) is 6.05. The summed E-state index contributed by atoms with van der Waals surface area (Å²) < 4.78 is 26.2. The number of ether oxygens (including phenoxy) is 5. The number of aldehydes is 1. The van der Waals surface area contributed by atoms with Crippen LogP contribution in [0.1, 0.15) is 45.0 Å². The first-order valence-corrected chi connectivity index (χ1v) is 12.3. The molecule has 1 aromatic carbocycles. The van der Waals surface area contributed by atoms with Crippen LogP contribution in [-0.4, -0.2) is 83.9 Å². The van der Waals surface area contributed by atoms with Gasteiger partial charge in [0.05, 0.1) is 0 Å². The fourth-order valence-electron chi connectivity index (χ4n) is 3.42. The highest BCUT2D eigenvalue weighted by Crippen LogP contribution is 2.33. The summed E-state index contributed by atoms with van der Waals surface area (Å²) in [4.78, 5) is 82.5. The predicted octanol–water partition coefficient (Wildman–Crippen LogP) is 1.53. The Hall–Kier alpha value is -4.01. The molecule has 0 saturated carbocycles. The van der Waals surface area contributed by atoms with Crippen molar-refractivity contribution in [3.8, 4) is 0 Å². The molecule has 0 aliphatic rings. The Labute approximate surface area is 227 Å². The molecule has 0 amide bonds. The number of benzene rings is 1. The van der Waals surface area contributed by atoms with E-state index in [9.17, 15) is 38.9 Å². The maximum absolute atomic E-state index is 12.2. The van der Waals surface area contributed by atoms with E-state index in [1.165, 1.54) is 12.1 Å². The number of hydrogen-bond donors (Lipinski definition) is 0. The molecule has 214 valence electrons. The van der Waals surface area contributed by atoms with E-state index in [0.29, 0.717) is 6.29 Å². The number of thioether (sulfide) groups is 1. The van der Waals surface area contributed by atoms with E-state index in [4.69, 9.17) is 23.7 Å². The van der Waals surface area contributed by atoms with Crippen LogP contribution in [0.4, 0.5) is 0 Å². The minimum Gasteiger partial charge on any atom is -0.462 e. The zero-order valence-corrected chi connectivity index (χ0v) is 22.7. The summed E-state index contributed by atoms with van der Waals surface area (Å²) in [6.07, 6.45) is -6.30. The van der Waals surface area contributed by atoms with Crippen LogP contribution in [0.15, 0.2) is 29.2 Å². The summed E-state index contributed by atoms with van der Waals surface area (Å²) in [7, 11) is 0. The van der Waals surface area contributed by atoms with Crippen molar-refractivity contribution < 1.29 is 57.4 Å². The number of hydrogen-bond acceptors (Lipinski definition) is 14. The minimum absolute atomic E-state index is 0.172. The van der Waals surface area contributed by atoms with Gasteiger partial charge in [-0.25, -0.2) is 0 Å². The second kappa shape index (κ2) is 16.1. The molecular formula is C24H29NO13S. The molecule has 15 heteroatoms. The van der Waals surface area contributed by atoms with E-state index >= 15 is 0 Å². The van der Waals surface area contributed by atoms with Crippen LogP contribution in [0.25, 0.3) is 0 Å². The van der Waals surface area contributed by atoms with Gasteiger partial charge >= 0.3 is 29.8 Å². The first kappa shape index (κ1) is 33.0. The lowest BCUT2D eigenvalue weighted by Crippen LogP contribution is -2.56. The average molecular weight is 572 g/mol. The van der Waals surface area contributed by atoms with Gasteiger partial charge in [-0.3, -0.25) is 38.9 Å². The van der Waals surface area contributed by atoms with Crippen molar-refractivity contribution in [2.75, 3.05) is 13.2 Å². The average Bonchev–Trinajstić information content (AvgIpc) is 2.81. The van der Waals surface area contributed by atoms with Crippen LogP contribution in [0.5, 0.6) is 0 Å². The summed E-state index contributed by atoms with van der Waals surface area (Å²) in [6.45, 7) is 3.49. The maximum atomic E-state index is 12.2. The van der Waals surface area contributed by atoms with E-state index in [0.717, 1.165) is 46.4 Å². The molecule has 0 aromatic heterocycles. The smallest absolute Gasteiger partial charge is 0.303 e. The molecule has 14 nitrogen and oxygen atoms in total. The third kappa shape index (κ3) is 11.9. The second-order valence-corrected chi connectivity index (χ2v) is 9.28. The number of rotatable bonds is 15. The van der Waals surface area contributed by atoms with Crippen molar-refractivity contribution in [1.29, 1.82) is 0 Å². The summed E-state index contributed by atoms with van der Waals surface area (Å²) in [6, 6.07) is 6.09. The van der Waals surface area contributed by atoms with Gasteiger partial charge in [0.2, 0.25) is 6.54 Å². The van der Waals surface area contributed by atoms with E-state index < -0.39 is 77.6 Å². The fraction of sp³-hybridized carbons (Fsp3) is 0.500. The third-order valence-electron chi connectivity index (χ3n) is 4.71. The van der Waals surface area contributed by atoms with Crippen LogP contribution < -0.4 is 0 Å². The van der Waals surface area contributed by atoms with Gasteiger partial charge in [-0.1, -0.05) is 18.2 Å². The van der Waals surface area contributed by atoms with Crippen LogP contribution >= 0.6 is 11.8 Å². The largest absolute Gasteiger partial charge is 0.462 e. The Morgan fingerprint density at radius 1 is 0.821 bits per heavy atom. The SMILES string of the molecule is CC(=O)OC[C@@H](OC(C)=O)[C@@H](OC(C)=O)[C@H](OC(C)=O)[C@H](OC(C)=O)[C@@H](C[N+](=O)[O-])Sc1ccccc1C=O. The number of carbonyl (C=O) groups excluding carboxylic acids is 6. The Balaban J connectivity index is 3.79. The Bertz CT molecular complexity index is 1080. The number of nitro groups is 1. The van der Waals surface area contributed by atoms with Crippen molar-refractivity contribution >= 4 is 47.9 Å². The fourth-order valence-corrected chi connectivity index (χ4v) is 4.69. The predicted molar refractivity (Wildman–Crippen MR) is 132 cm³/mol. The molecule has 0 aliphatic heterocycles. The highest BCUT2D eigenvalue weighted by atomic mass is 32.2. The van der Waals surface area contributed by atoms with Crippen molar-refractivity contribution in [1.82, 2.24) is 0 Å². The summed E-state index contributed by atoms with van der Waals surface area (Å²) in [5.74, 6) is -4.56. The Morgan fingerprint density at radius 2 is 1.33 bits per heavy atom. The molecule has 39 heavy (non-hydrogen) atoms. The molecule has 1 aromatic rings. The summed E-state index contributed by atoms with van der Waals surface area (Å²) in [5.41, 5.74) is 0.172. The number of nitrogens with zero attached hydrogens (tertiary/aromatic N) is 1. The molecule has 0 saturated heterocycles. The van der Waals surface area contributed by atoms with Crippen LogP contribution in [0.2, 0.25) is 0 Å². The van der Waals surface area contributed by atoms with Gasteiger partial charge in [-0.05, 0) is 6.07 Å². The highest BCUT2D eigenvalue weighted by Gasteiger charge is 2.48. The zero-order valence-electron chi connectivity index (χ0n) is 21.9. The van der Waals surface area contributed by atoms with E-state index in [-0.39, 0.29) is 10.5 Å². The molecule has 0 bridgehead atoms. The number of esters is 5. The summed E-state index contributed by atoms with van der Waals surface area (Å²) in [5, 5.41) is 10.3. The van der Waals surface area contributed by atoms with Crippen molar-refractivity contribution in [3.63, 3.8) is 0 Å². The van der Waals surface area contributed by atoms with E-state index in [1.54, 1.807) is 12.1 Å². The quantitative estimate of drug-likeness (QED) is 0.0734. The lowest BCUT2D eigenvalue weighted by molar-refractivity contribution is -0.481. The zero-order chi connectivity index (χ0) is 29.7. The standard InChI is InChI=1S/C24H29NO13S/c1-13(27)34-12-19(35-14(2)28)22(36-15(3)29)24(38-17(5)31)23(37-16(4)30)21(10-25(32)33)39-20-9-7-6-8-18(20)11-26/h6-9,11,19,21-24H,10,12H2,1-5H3/t19-,21-,22-,23-,24+/m1/s1. The van der Waals surface area contributed by atoms with E-state index in [1.807, 2.05) is 0 Å². The van der Waals surface area contributed by atoms with Crippen LogP contribution in [0.3, 0.4) is 0 Å². The maximum Gasteiger partial charge on any atom is 0.303 e. The molecule has 1 rings (SSSR count). The second-order valence-electron chi connectivity index (χ2n) is 8.00. The van der Waals surface area contributed by atoms with Gasteiger partial charge in [-0.15, -0.1) is 11.8 Å². The summed E-state index contributed by atoms with van der Waals surface area (Å²) >= 11 is 0.779. The normalized spacial score (nSPS) is 14.4. The molecule has 0 spiro atoms. The monoisotopic (exact) mass is 571 g/mol. The first-order chi connectivity index (χ1) is 18.2. The number of carbonyl (C=O) groups is 6. The topological polar surface area (TPSA) is 192 Å². The lowest BCUT2D eigenvalue weighted by atomic mass is 9.99. The first-order valence-electron chi connectivity index (χ1n) is 11.4. The van der Waals surface area contributed by atoms with E-state index in [2.05, 4.69) is 0 Å². The van der Waals surface area contributed by atoms with Gasteiger partial charge in [0, 0.05) is 50.0 Å². The van der Waals surface area contributed by atoms with Gasteiger partial charge in [0.15, 0.2) is 30.7 Å². The van der Waals surface area contributed by atoms with Gasteiger partial charge in [0.1, 0.15) is 11.9 Å². The van der Waals surface area contributed by atoms with Crippen LogP contribution in [-0.2, 0) is 47.7 Å². The van der Waals surface area contributed by atoms with Crippen molar-refractivity contribution in [2.24, 2.45) is 0 Å². The molecule has 0 heterocycles. The van der Waals surface area contributed by atoms with Gasteiger partial charge < -0.3 is 23.7 Å². The molecular weight excluding hydrogens is 542 g/mol. The molecule has 0 N–H and O–H groups in total. The molecule has 5 atom stereocenters. The van der Waals surface area contributed by atoms with Crippen molar-refractivity contribution in [2.45, 2.75) is 69.2 Å².